The summed E-state index contributed by atoms with van der Waals surface area (Å²) in [7, 11) is 0. The Morgan fingerprint density at radius 1 is 1.33 bits per heavy atom. The van der Waals surface area contributed by atoms with E-state index >= 15 is 0 Å². The van der Waals surface area contributed by atoms with Crippen LogP contribution in [0.4, 0.5) is 13.2 Å². The Bertz CT molecular complexity index is 267. The lowest BCUT2D eigenvalue weighted by molar-refractivity contribution is -0.173. The molecule has 0 unspecified atom stereocenters. The van der Waals surface area contributed by atoms with Crippen molar-refractivity contribution in [3.05, 3.63) is 0 Å². The fourth-order valence-corrected chi connectivity index (χ4v) is 1.95. The summed E-state index contributed by atoms with van der Waals surface area (Å²) in [5.41, 5.74) is 0. The van der Waals surface area contributed by atoms with E-state index in [1.807, 2.05) is 0 Å². The van der Waals surface area contributed by atoms with E-state index in [2.05, 4.69) is 20.9 Å². The monoisotopic (exact) mass is 264 g/mol. The van der Waals surface area contributed by atoms with E-state index in [4.69, 9.17) is 6.42 Å². The second kappa shape index (κ2) is 7.62. The van der Waals surface area contributed by atoms with Crippen LogP contribution < -0.4 is 5.32 Å². The fourth-order valence-electron chi connectivity index (χ4n) is 1.95. The molecule has 18 heavy (non-hydrogen) atoms. The summed E-state index contributed by atoms with van der Waals surface area (Å²) in [4.78, 5) is 2.19. The summed E-state index contributed by atoms with van der Waals surface area (Å²) in [6.45, 7) is 1.91. The molecular weight excluding hydrogens is 245 g/mol. The van der Waals surface area contributed by atoms with Gasteiger partial charge in [-0.05, 0) is 12.8 Å². The second-order valence-corrected chi connectivity index (χ2v) is 4.38. The molecule has 0 aromatic carbocycles. The van der Waals surface area contributed by atoms with Gasteiger partial charge >= 0.3 is 6.18 Å². The number of rotatable bonds is 6. The summed E-state index contributed by atoms with van der Waals surface area (Å²) in [6, 6.07) is 0.355. The Hall–Kier alpha value is -0.770. The van der Waals surface area contributed by atoms with Gasteiger partial charge < -0.3 is 10.1 Å². The Balaban J connectivity index is 2.00. The first-order valence-corrected chi connectivity index (χ1v) is 6.05. The third-order valence-electron chi connectivity index (χ3n) is 2.85. The largest absolute Gasteiger partial charge is 0.411 e. The summed E-state index contributed by atoms with van der Waals surface area (Å²) in [5, 5.41) is 3.20. The average Bonchev–Trinajstić information content (AvgIpc) is 2.30. The minimum atomic E-state index is -4.24. The molecule has 1 rings (SSSR count). The van der Waals surface area contributed by atoms with E-state index in [9.17, 15) is 13.2 Å². The molecule has 0 aromatic rings. The van der Waals surface area contributed by atoms with Gasteiger partial charge in [0.05, 0.1) is 13.2 Å². The number of nitrogens with zero attached hydrogens (tertiary/aromatic N) is 1. The van der Waals surface area contributed by atoms with E-state index in [0.29, 0.717) is 19.1 Å². The number of ether oxygens (including phenoxy) is 1. The highest BCUT2D eigenvalue weighted by Gasteiger charge is 2.27. The van der Waals surface area contributed by atoms with Crippen LogP contribution in [0.15, 0.2) is 0 Å². The zero-order valence-corrected chi connectivity index (χ0v) is 10.3. The van der Waals surface area contributed by atoms with Crippen LogP contribution in [0.2, 0.25) is 0 Å². The van der Waals surface area contributed by atoms with Gasteiger partial charge in [-0.2, -0.15) is 13.2 Å². The number of likely N-dealkylation sites (tertiary alicyclic amines) is 1. The highest BCUT2D eigenvalue weighted by Crippen LogP contribution is 2.14. The molecule has 1 aliphatic heterocycles. The second-order valence-electron chi connectivity index (χ2n) is 4.38. The van der Waals surface area contributed by atoms with Crippen molar-refractivity contribution in [2.45, 2.75) is 25.1 Å². The quantitative estimate of drug-likeness (QED) is 0.577. The molecule has 104 valence electrons. The van der Waals surface area contributed by atoms with Crippen molar-refractivity contribution >= 4 is 0 Å². The van der Waals surface area contributed by atoms with Crippen LogP contribution in [0.3, 0.4) is 0 Å². The van der Waals surface area contributed by atoms with Crippen molar-refractivity contribution < 1.29 is 17.9 Å². The third-order valence-corrected chi connectivity index (χ3v) is 2.85. The molecule has 6 heteroatoms. The van der Waals surface area contributed by atoms with Gasteiger partial charge in [0.1, 0.15) is 6.61 Å². The van der Waals surface area contributed by atoms with Gasteiger partial charge in [0, 0.05) is 25.7 Å². The van der Waals surface area contributed by atoms with Crippen LogP contribution in [-0.2, 0) is 4.74 Å². The molecule has 1 saturated heterocycles. The molecule has 1 fully saturated rings. The van der Waals surface area contributed by atoms with Crippen LogP contribution in [0, 0.1) is 12.3 Å². The lowest BCUT2D eigenvalue weighted by Crippen LogP contribution is -2.43. The first-order chi connectivity index (χ1) is 8.51. The van der Waals surface area contributed by atoms with E-state index in [-0.39, 0.29) is 6.61 Å². The van der Waals surface area contributed by atoms with Crippen LogP contribution in [-0.4, -0.2) is 56.5 Å². The fraction of sp³-hybridized carbons (Fsp3) is 0.833. The van der Waals surface area contributed by atoms with Gasteiger partial charge in [0.25, 0.3) is 0 Å². The van der Waals surface area contributed by atoms with Crippen molar-refractivity contribution in [1.82, 2.24) is 10.2 Å². The number of hydrogen-bond donors (Lipinski definition) is 1. The number of hydrogen-bond acceptors (Lipinski definition) is 3. The molecule has 0 radical (unpaired) electrons. The number of nitrogens with one attached hydrogen (secondary N) is 1. The highest BCUT2D eigenvalue weighted by atomic mass is 19.4. The summed E-state index contributed by atoms with van der Waals surface area (Å²) >= 11 is 0. The lowest BCUT2D eigenvalue weighted by atomic mass is 10.1. The number of alkyl halides is 3. The molecule has 0 atom stereocenters. The van der Waals surface area contributed by atoms with Crippen LogP contribution in [0.5, 0.6) is 0 Å². The predicted molar refractivity (Wildman–Crippen MR) is 63.2 cm³/mol. The molecule has 0 amide bonds. The van der Waals surface area contributed by atoms with Gasteiger partial charge in [-0.3, -0.25) is 4.90 Å². The van der Waals surface area contributed by atoms with E-state index in [0.717, 1.165) is 25.9 Å². The number of halogens is 3. The van der Waals surface area contributed by atoms with Gasteiger partial charge in [-0.15, -0.1) is 6.42 Å². The Morgan fingerprint density at radius 3 is 2.56 bits per heavy atom. The maximum absolute atomic E-state index is 11.8. The standard InChI is InChI=1S/C12H19F3N2O/c1-2-6-17-7-3-11(4-8-17)16-5-9-18-10-12(13,14)15/h1,11,16H,3-10H2. The van der Waals surface area contributed by atoms with Gasteiger partial charge in [0.2, 0.25) is 0 Å². The lowest BCUT2D eigenvalue weighted by Gasteiger charge is -2.31. The Morgan fingerprint density at radius 2 is 2.00 bits per heavy atom. The maximum atomic E-state index is 11.8. The van der Waals surface area contributed by atoms with Crippen LogP contribution in [0.25, 0.3) is 0 Å². The molecule has 0 aliphatic carbocycles. The Kier molecular flexibility index (Phi) is 6.47. The minimum Gasteiger partial charge on any atom is -0.371 e. The van der Waals surface area contributed by atoms with Gasteiger partial charge in [-0.1, -0.05) is 5.92 Å². The minimum absolute atomic E-state index is 0.0874. The topological polar surface area (TPSA) is 24.5 Å². The predicted octanol–water partition coefficient (Wildman–Crippen LogP) is 1.25. The van der Waals surface area contributed by atoms with Crippen LogP contribution >= 0.6 is 0 Å². The van der Waals surface area contributed by atoms with Crippen molar-refractivity contribution in [1.29, 1.82) is 0 Å². The zero-order chi connectivity index (χ0) is 13.4. The molecule has 0 bridgehead atoms. The van der Waals surface area contributed by atoms with Crippen molar-refractivity contribution in [2.75, 3.05) is 39.4 Å². The first kappa shape index (κ1) is 15.3. The van der Waals surface area contributed by atoms with E-state index < -0.39 is 12.8 Å². The maximum Gasteiger partial charge on any atom is 0.411 e. The first-order valence-electron chi connectivity index (χ1n) is 6.05. The normalized spacial score (nSPS) is 18.8. The number of terminal acetylenes is 1. The summed E-state index contributed by atoms with van der Waals surface area (Å²) in [6.07, 6.45) is 2.94. The summed E-state index contributed by atoms with van der Waals surface area (Å²) < 4.78 is 39.9. The van der Waals surface area contributed by atoms with Crippen molar-refractivity contribution in [3.63, 3.8) is 0 Å². The Labute approximate surface area is 106 Å². The smallest absolute Gasteiger partial charge is 0.371 e. The van der Waals surface area contributed by atoms with Crippen molar-refractivity contribution in [2.24, 2.45) is 0 Å². The molecule has 0 saturated carbocycles. The van der Waals surface area contributed by atoms with E-state index in [1.165, 1.54) is 0 Å². The summed E-state index contributed by atoms with van der Waals surface area (Å²) in [5.74, 6) is 2.61. The average molecular weight is 264 g/mol. The highest BCUT2D eigenvalue weighted by molar-refractivity contribution is 4.90. The van der Waals surface area contributed by atoms with Gasteiger partial charge in [-0.25, -0.2) is 0 Å². The van der Waals surface area contributed by atoms with Gasteiger partial charge in [0.15, 0.2) is 0 Å². The van der Waals surface area contributed by atoms with Crippen LogP contribution in [0.1, 0.15) is 12.8 Å². The zero-order valence-electron chi connectivity index (χ0n) is 10.3. The molecule has 1 heterocycles. The molecule has 0 aromatic heterocycles. The molecular formula is C12H19F3N2O. The molecule has 0 spiro atoms. The SMILES string of the molecule is C#CCN1CCC(NCCOCC(F)(F)F)CC1. The van der Waals surface area contributed by atoms with E-state index in [1.54, 1.807) is 0 Å². The third kappa shape index (κ3) is 6.84. The molecule has 3 nitrogen and oxygen atoms in total. The molecule has 1 N–H and O–H groups in total. The van der Waals surface area contributed by atoms with Crippen molar-refractivity contribution in [3.8, 4) is 12.3 Å². The number of piperidine rings is 1. The molecule has 1 aliphatic rings.